The topological polar surface area (TPSA) is 46.8 Å². The SMILES string of the molecule is c1ccc(-n2c3ccc(-c4ccncc4)cc3c3cc4c(cc32)N(c2cncnc2)c2cccc3cccc-4c23)cc1. The Morgan fingerprint density at radius 3 is 2.12 bits per heavy atom. The molecule has 0 fully saturated rings. The maximum absolute atomic E-state index is 4.39. The lowest BCUT2D eigenvalue weighted by atomic mass is 9.90. The van der Waals surface area contributed by atoms with E-state index in [-0.39, 0.29) is 0 Å². The zero-order valence-corrected chi connectivity index (χ0v) is 22.5. The predicted octanol–water partition coefficient (Wildman–Crippen LogP) is 9.24. The van der Waals surface area contributed by atoms with Gasteiger partial charge in [-0.3, -0.25) is 4.98 Å². The molecule has 5 nitrogen and oxygen atoms in total. The van der Waals surface area contributed by atoms with Crippen molar-refractivity contribution in [3.05, 3.63) is 140 Å². The van der Waals surface area contributed by atoms with Crippen LogP contribution < -0.4 is 4.90 Å². The van der Waals surface area contributed by atoms with Gasteiger partial charge in [-0.15, -0.1) is 0 Å². The first kappa shape index (κ1) is 22.9. The first-order chi connectivity index (χ1) is 20.8. The van der Waals surface area contributed by atoms with Gasteiger partial charge in [0.2, 0.25) is 0 Å². The van der Waals surface area contributed by atoms with Gasteiger partial charge in [0.25, 0.3) is 0 Å². The highest BCUT2D eigenvalue weighted by Crippen LogP contribution is 2.52. The highest BCUT2D eigenvalue weighted by Gasteiger charge is 2.28. The Balaban J connectivity index is 1.43. The fourth-order valence-corrected chi connectivity index (χ4v) is 6.58. The van der Waals surface area contributed by atoms with Crippen LogP contribution in [0.25, 0.3) is 60.5 Å². The van der Waals surface area contributed by atoms with E-state index in [2.05, 4.69) is 134 Å². The number of rotatable bonds is 3. The maximum atomic E-state index is 4.39. The van der Waals surface area contributed by atoms with Gasteiger partial charge in [0.1, 0.15) is 6.33 Å². The lowest BCUT2D eigenvalue weighted by molar-refractivity contribution is 1.13. The molecule has 0 aliphatic carbocycles. The summed E-state index contributed by atoms with van der Waals surface area (Å²) in [6, 6.07) is 39.3. The lowest BCUT2D eigenvalue weighted by Gasteiger charge is -2.33. The van der Waals surface area contributed by atoms with Gasteiger partial charge in [0.05, 0.1) is 40.5 Å². The smallest absolute Gasteiger partial charge is 0.115 e. The van der Waals surface area contributed by atoms with Gasteiger partial charge in [0, 0.05) is 39.8 Å². The Bertz CT molecular complexity index is 2290. The highest BCUT2D eigenvalue weighted by molar-refractivity contribution is 6.19. The molecule has 1 aliphatic rings. The zero-order chi connectivity index (χ0) is 27.6. The molecule has 8 aromatic rings. The average Bonchev–Trinajstić information content (AvgIpc) is 3.38. The quantitative estimate of drug-likeness (QED) is 0.225. The molecule has 196 valence electrons. The molecule has 0 saturated carbocycles. The van der Waals surface area contributed by atoms with Crippen LogP contribution in [0.5, 0.6) is 0 Å². The summed E-state index contributed by atoms with van der Waals surface area (Å²) in [6.45, 7) is 0. The number of benzene rings is 5. The second-order valence-electron chi connectivity index (χ2n) is 10.6. The number of anilines is 3. The predicted molar refractivity (Wildman–Crippen MR) is 171 cm³/mol. The summed E-state index contributed by atoms with van der Waals surface area (Å²) in [6.07, 6.45) is 9.06. The van der Waals surface area contributed by atoms with Crippen molar-refractivity contribution in [2.45, 2.75) is 0 Å². The molecule has 0 spiro atoms. The molecular weight excluding hydrogens is 514 g/mol. The lowest BCUT2D eigenvalue weighted by Crippen LogP contribution is -2.15. The van der Waals surface area contributed by atoms with Gasteiger partial charge in [-0.1, -0.05) is 54.6 Å². The summed E-state index contributed by atoms with van der Waals surface area (Å²) < 4.78 is 2.38. The number of fused-ring (bicyclic) bond motifs is 5. The Morgan fingerprint density at radius 2 is 1.29 bits per heavy atom. The molecule has 0 saturated heterocycles. The Kier molecular flexibility index (Phi) is 4.83. The van der Waals surface area contributed by atoms with E-state index in [1.54, 1.807) is 6.33 Å². The Hall–Kier alpha value is -5.81. The Labute approximate surface area is 242 Å². The van der Waals surface area contributed by atoms with Gasteiger partial charge in [0.15, 0.2) is 0 Å². The molecule has 0 N–H and O–H groups in total. The number of aromatic nitrogens is 4. The van der Waals surface area contributed by atoms with E-state index in [1.165, 1.54) is 43.8 Å². The van der Waals surface area contributed by atoms with Crippen molar-refractivity contribution in [2.75, 3.05) is 4.90 Å². The molecule has 5 aromatic carbocycles. The van der Waals surface area contributed by atoms with E-state index in [1.807, 2.05) is 24.8 Å². The van der Waals surface area contributed by atoms with Crippen molar-refractivity contribution in [2.24, 2.45) is 0 Å². The summed E-state index contributed by atoms with van der Waals surface area (Å²) in [5.74, 6) is 0. The average molecular weight is 538 g/mol. The van der Waals surface area contributed by atoms with Gasteiger partial charge in [-0.2, -0.15) is 0 Å². The molecular formula is C37H23N5. The van der Waals surface area contributed by atoms with E-state index in [0.717, 1.165) is 33.8 Å². The van der Waals surface area contributed by atoms with Crippen molar-refractivity contribution >= 4 is 49.6 Å². The van der Waals surface area contributed by atoms with Crippen LogP contribution in [0.15, 0.2) is 140 Å². The second kappa shape index (κ2) is 8.85. The molecule has 42 heavy (non-hydrogen) atoms. The zero-order valence-electron chi connectivity index (χ0n) is 22.5. The van der Waals surface area contributed by atoms with Gasteiger partial charge in [-0.05, 0) is 76.7 Å². The summed E-state index contributed by atoms with van der Waals surface area (Å²) in [4.78, 5) is 15.3. The number of pyridine rings is 1. The summed E-state index contributed by atoms with van der Waals surface area (Å²) >= 11 is 0. The van der Waals surface area contributed by atoms with E-state index in [9.17, 15) is 0 Å². The summed E-state index contributed by atoms with van der Waals surface area (Å²) in [5, 5.41) is 4.88. The second-order valence-corrected chi connectivity index (χ2v) is 10.6. The number of hydrogen-bond acceptors (Lipinski definition) is 4. The minimum absolute atomic E-state index is 0.933. The van der Waals surface area contributed by atoms with Crippen molar-refractivity contribution in [1.29, 1.82) is 0 Å². The maximum Gasteiger partial charge on any atom is 0.115 e. The van der Waals surface area contributed by atoms with Crippen LogP contribution in [0.1, 0.15) is 0 Å². The Morgan fingerprint density at radius 1 is 0.500 bits per heavy atom. The largest absolute Gasteiger partial charge is 0.309 e. The fourth-order valence-electron chi connectivity index (χ4n) is 6.58. The fraction of sp³-hybridized carbons (Fsp3) is 0. The first-order valence-corrected chi connectivity index (χ1v) is 14.0. The molecule has 0 atom stereocenters. The van der Waals surface area contributed by atoms with Crippen molar-refractivity contribution in [3.63, 3.8) is 0 Å². The van der Waals surface area contributed by atoms with Crippen LogP contribution in [-0.2, 0) is 0 Å². The van der Waals surface area contributed by atoms with Crippen LogP contribution in [0.3, 0.4) is 0 Å². The number of hydrogen-bond donors (Lipinski definition) is 0. The minimum atomic E-state index is 0.933. The third kappa shape index (κ3) is 3.28. The monoisotopic (exact) mass is 537 g/mol. The summed E-state index contributed by atoms with van der Waals surface area (Å²) in [5.41, 5.74) is 11.4. The molecule has 0 unspecified atom stereocenters. The first-order valence-electron chi connectivity index (χ1n) is 14.0. The number of para-hydroxylation sites is 1. The van der Waals surface area contributed by atoms with Crippen molar-refractivity contribution in [3.8, 4) is 27.9 Å². The number of nitrogens with zero attached hydrogens (tertiary/aromatic N) is 5. The molecule has 9 rings (SSSR count). The molecule has 4 heterocycles. The van der Waals surface area contributed by atoms with Crippen LogP contribution in [0, 0.1) is 0 Å². The molecule has 3 aromatic heterocycles. The van der Waals surface area contributed by atoms with Gasteiger partial charge in [-0.25, -0.2) is 9.97 Å². The van der Waals surface area contributed by atoms with E-state index in [4.69, 9.17) is 0 Å². The molecule has 0 bridgehead atoms. The molecule has 1 aliphatic heterocycles. The third-order valence-electron chi connectivity index (χ3n) is 8.37. The molecule has 0 amide bonds. The summed E-state index contributed by atoms with van der Waals surface area (Å²) in [7, 11) is 0. The van der Waals surface area contributed by atoms with Crippen molar-refractivity contribution in [1.82, 2.24) is 19.5 Å². The van der Waals surface area contributed by atoms with Crippen molar-refractivity contribution < 1.29 is 0 Å². The van der Waals surface area contributed by atoms with Crippen LogP contribution >= 0.6 is 0 Å². The van der Waals surface area contributed by atoms with Gasteiger partial charge >= 0.3 is 0 Å². The van der Waals surface area contributed by atoms with Gasteiger partial charge < -0.3 is 9.47 Å². The highest BCUT2D eigenvalue weighted by atomic mass is 15.2. The van der Waals surface area contributed by atoms with Crippen LogP contribution in [0.4, 0.5) is 17.1 Å². The van der Waals surface area contributed by atoms with E-state index in [0.29, 0.717) is 0 Å². The van der Waals surface area contributed by atoms with Crippen LogP contribution in [0.2, 0.25) is 0 Å². The van der Waals surface area contributed by atoms with Crippen LogP contribution in [-0.4, -0.2) is 19.5 Å². The minimum Gasteiger partial charge on any atom is -0.309 e. The molecule has 0 radical (unpaired) electrons. The third-order valence-corrected chi connectivity index (χ3v) is 8.37. The molecule has 5 heteroatoms. The van der Waals surface area contributed by atoms with E-state index < -0.39 is 0 Å². The standard InChI is InChI=1S/C37H23N5/c1-2-8-27(9-3-1)41-33-13-12-26(24-14-16-38-17-15-24)18-30(33)32-19-31-29-10-4-6-25-7-5-11-34(37(25)29)42(35(31)20-36(32)41)28-21-39-23-40-22-28/h1-23H. The van der Waals surface area contributed by atoms with E-state index >= 15 is 0 Å². The normalized spacial score (nSPS) is 12.2.